The van der Waals surface area contributed by atoms with Crippen LogP contribution in [0.3, 0.4) is 0 Å². The van der Waals surface area contributed by atoms with Crippen molar-refractivity contribution in [2.45, 2.75) is 12.8 Å². The molecule has 0 saturated carbocycles. The Hall–Kier alpha value is -5.06. The van der Waals surface area contributed by atoms with Crippen LogP contribution in [0.1, 0.15) is 22.3 Å². The average Bonchev–Trinajstić information content (AvgIpc) is 3.39. The van der Waals surface area contributed by atoms with Crippen LogP contribution in [0, 0.1) is 22.7 Å². The van der Waals surface area contributed by atoms with E-state index < -0.39 is 0 Å². The van der Waals surface area contributed by atoms with Gasteiger partial charge in [-0.05, 0) is 81.9 Å². The Labute approximate surface area is 221 Å². The van der Waals surface area contributed by atoms with E-state index in [-0.39, 0.29) is 0 Å². The van der Waals surface area contributed by atoms with Crippen LogP contribution in [0.5, 0.6) is 0 Å². The summed E-state index contributed by atoms with van der Waals surface area (Å²) in [5.41, 5.74) is 7.37. The first-order valence-corrected chi connectivity index (χ1v) is 13.0. The van der Waals surface area contributed by atoms with Crippen LogP contribution < -0.4 is 10.2 Å². The molecular weight excluding hydrogens is 464 g/mol. The van der Waals surface area contributed by atoms with Crippen LogP contribution in [0.4, 0.5) is 17.1 Å². The van der Waals surface area contributed by atoms with E-state index in [4.69, 9.17) is 5.26 Å². The highest BCUT2D eigenvalue weighted by atomic mass is 15.2. The number of rotatable bonds is 5. The van der Waals surface area contributed by atoms with Gasteiger partial charge in [-0.25, -0.2) is 0 Å². The Morgan fingerprint density at radius 2 is 1.37 bits per heavy atom. The SMILES string of the molecule is N#Cc1ccc(CCNc2ccc3ccc4c(N5CCc6ccc(C#N)cc65)ccc5ccc2c3c54)cc1. The largest absolute Gasteiger partial charge is 0.384 e. The predicted molar refractivity (Wildman–Crippen MR) is 155 cm³/mol. The number of nitriles is 2. The molecule has 7 rings (SSSR count). The minimum Gasteiger partial charge on any atom is -0.384 e. The Morgan fingerprint density at radius 3 is 2.16 bits per heavy atom. The van der Waals surface area contributed by atoms with Gasteiger partial charge in [0, 0.05) is 40.9 Å². The van der Waals surface area contributed by atoms with E-state index in [0.29, 0.717) is 11.1 Å². The zero-order valence-corrected chi connectivity index (χ0v) is 20.8. The molecule has 0 unspecified atom stereocenters. The predicted octanol–water partition coefficient (Wildman–Crippen LogP) is 7.68. The third kappa shape index (κ3) is 3.51. The second-order valence-electron chi connectivity index (χ2n) is 9.96. The van der Waals surface area contributed by atoms with Crippen molar-refractivity contribution in [1.82, 2.24) is 0 Å². The molecule has 4 heteroatoms. The van der Waals surface area contributed by atoms with Crippen molar-refractivity contribution in [2.24, 2.45) is 0 Å². The van der Waals surface area contributed by atoms with E-state index in [1.54, 1.807) is 0 Å². The molecule has 0 fully saturated rings. The Kier molecular flexibility index (Phi) is 5.13. The van der Waals surface area contributed by atoms with Crippen molar-refractivity contribution in [1.29, 1.82) is 10.5 Å². The highest BCUT2D eigenvalue weighted by Gasteiger charge is 2.23. The lowest BCUT2D eigenvalue weighted by molar-refractivity contribution is 1.00. The summed E-state index contributed by atoms with van der Waals surface area (Å²) in [7, 11) is 0. The van der Waals surface area contributed by atoms with Crippen LogP contribution in [0.15, 0.2) is 91.0 Å². The van der Waals surface area contributed by atoms with Gasteiger partial charge in [0.2, 0.25) is 0 Å². The first-order chi connectivity index (χ1) is 18.7. The molecule has 0 aromatic heterocycles. The number of fused-ring (bicyclic) bond motifs is 1. The van der Waals surface area contributed by atoms with Gasteiger partial charge in [-0.2, -0.15) is 10.5 Å². The molecule has 0 radical (unpaired) electrons. The molecule has 1 N–H and O–H groups in total. The third-order valence-corrected chi connectivity index (χ3v) is 7.85. The molecule has 0 aliphatic carbocycles. The van der Waals surface area contributed by atoms with Gasteiger partial charge in [0.15, 0.2) is 0 Å². The number of benzene rings is 6. The van der Waals surface area contributed by atoms with Gasteiger partial charge in [-0.1, -0.05) is 54.6 Å². The Morgan fingerprint density at radius 1 is 0.684 bits per heavy atom. The summed E-state index contributed by atoms with van der Waals surface area (Å²) in [5, 5.41) is 29.7. The molecule has 0 amide bonds. The third-order valence-electron chi connectivity index (χ3n) is 7.85. The number of nitrogens with zero attached hydrogens (tertiary/aromatic N) is 3. The Bertz CT molecular complexity index is 1920. The van der Waals surface area contributed by atoms with E-state index in [9.17, 15) is 5.26 Å². The second-order valence-corrected chi connectivity index (χ2v) is 9.96. The summed E-state index contributed by atoms with van der Waals surface area (Å²) in [6.45, 7) is 1.73. The summed E-state index contributed by atoms with van der Waals surface area (Å²) in [4.78, 5) is 2.37. The van der Waals surface area contributed by atoms with Gasteiger partial charge in [0.1, 0.15) is 0 Å². The molecule has 0 atom stereocenters. The normalized spacial score (nSPS) is 12.6. The lowest BCUT2D eigenvalue weighted by Gasteiger charge is -2.24. The first-order valence-electron chi connectivity index (χ1n) is 13.0. The molecule has 1 aliphatic heterocycles. The molecule has 0 spiro atoms. The lowest BCUT2D eigenvalue weighted by Crippen LogP contribution is -2.13. The van der Waals surface area contributed by atoms with Gasteiger partial charge in [-0.15, -0.1) is 0 Å². The Balaban J connectivity index is 1.29. The molecule has 4 nitrogen and oxygen atoms in total. The molecule has 0 saturated heterocycles. The van der Waals surface area contributed by atoms with Crippen molar-refractivity contribution in [3.8, 4) is 12.1 Å². The summed E-state index contributed by atoms with van der Waals surface area (Å²) < 4.78 is 0. The van der Waals surface area contributed by atoms with Crippen molar-refractivity contribution >= 4 is 49.4 Å². The molecule has 1 heterocycles. The molecule has 6 aromatic carbocycles. The fourth-order valence-electron chi connectivity index (χ4n) is 5.96. The summed E-state index contributed by atoms with van der Waals surface area (Å²) in [5.74, 6) is 0. The lowest BCUT2D eigenvalue weighted by atomic mass is 9.92. The monoisotopic (exact) mass is 488 g/mol. The van der Waals surface area contributed by atoms with Gasteiger partial charge in [-0.3, -0.25) is 0 Å². The second kappa shape index (κ2) is 8.80. The van der Waals surface area contributed by atoms with Crippen molar-refractivity contribution in [2.75, 3.05) is 23.3 Å². The molecule has 1 aliphatic rings. The van der Waals surface area contributed by atoms with Gasteiger partial charge in [0.05, 0.1) is 23.3 Å². The highest BCUT2D eigenvalue weighted by molar-refractivity contribution is 6.27. The summed E-state index contributed by atoms with van der Waals surface area (Å²) in [6.07, 6.45) is 1.87. The topological polar surface area (TPSA) is 62.9 Å². The smallest absolute Gasteiger partial charge is 0.0992 e. The van der Waals surface area contributed by atoms with Crippen LogP contribution in [0.25, 0.3) is 32.3 Å². The minimum absolute atomic E-state index is 0.691. The van der Waals surface area contributed by atoms with Crippen LogP contribution in [-0.2, 0) is 12.8 Å². The number of hydrogen-bond donors (Lipinski definition) is 1. The molecule has 6 aromatic rings. The zero-order chi connectivity index (χ0) is 25.6. The van der Waals surface area contributed by atoms with Gasteiger partial charge in [0.25, 0.3) is 0 Å². The molecule has 38 heavy (non-hydrogen) atoms. The highest BCUT2D eigenvalue weighted by Crippen LogP contribution is 2.44. The molecule has 0 bridgehead atoms. The summed E-state index contributed by atoms with van der Waals surface area (Å²) >= 11 is 0. The average molecular weight is 489 g/mol. The number of nitrogens with one attached hydrogen (secondary N) is 1. The van der Waals surface area contributed by atoms with Crippen LogP contribution in [-0.4, -0.2) is 13.1 Å². The van der Waals surface area contributed by atoms with Gasteiger partial charge >= 0.3 is 0 Å². The van der Waals surface area contributed by atoms with Crippen molar-refractivity contribution < 1.29 is 0 Å². The van der Waals surface area contributed by atoms with E-state index in [1.807, 2.05) is 36.4 Å². The number of anilines is 3. The molecular formula is C34H24N4. The quantitative estimate of drug-likeness (QED) is 0.253. The standard InChI is InChI=1S/C34H24N4/c35-20-23-3-1-22(2-4-23)15-17-37-30-13-9-26-8-12-29-31(14-10-27-7-11-28(30)33(26)34(27)29)38-18-16-25-6-5-24(21-36)19-32(25)38/h1-14,19,37H,15-18H2. The van der Waals surface area contributed by atoms with Crippen molar-refractivity contribution in [3.05, 3.63) is 113 Å². The van der Waals surface area contributed by atoms with Crippen LogP contribution in [0.2, 0.25) is 0 Å². The maximum atomic E-state index is 9.47. The maximum Gasteiger partial charge on any atom is 0.0992 e. The van der Waals surface area contributed by atoms with E-state index in [2.05, 4.69) is 77.0 Å². The first kappa shape index (κ1) is 22.2. The minimum atomic E-state index is 0.691. The molecule has 180 valence electrons. The number of hydrogen-bond acceptors (Lipinski definition) is 4. The van der Waals surface area contributed by atoms with Crippen LogP contribution >= 0.6 is 0 Å². The fraction of sp³-hybridized carbons (Fsp3) is 0.118. The summed E-state index contributed by atoms with van der Waals surface area (Å²) in [6, 6.07) is 36.1. The van der Waals surface area contributed by atoms with Crippen molar-refractivity contribution in [3.63, 3.8) is 0 Å². The van der Waals surface area contributed by atoms with E-state index in [0.717, 1.165) is 37.3 Å². The maximum absolute atomic E-state index is 9.47. The van der Waals surface area contributed by atoms with E-state index in [1.165, 1.54) is 49.1 Å². The fourth-order valence-corrected chi connectivity index (χ4v) is 5.96. The van der Waals surface area contributed by atoms with E-state index >= 15 is 0 Å². The zero-order valence-electron chi connectivity index (χ0n) is 20.8. The van der Waals surface area contributed by atoms with Gasteiger partial charge < -0.3 is 10.2 Å².